The van der Waals surface area contributed by atoms with Gasteiger partial charge in [-0.25, -0.2) is 0 Å². The van der Waals surface area contributed by atoms with Gasteiger partial charge < -0.3 is 10.6 Å². The lowest BCUT2D eigenvalue weighted by Crippen LogP contribution is -2.45. The average Bonchev–Trinajstić information content (AvgIpc) is 2.83. The summed E-state index contributed by atoms with van der Waals surface area (Å²) in [6, 6.07) is 2.57. The number of carbonyl (C=O) groups excluding carboxylic acids is 1. The Morgan fingerprint density at radius 2 is 2.21 bits per heavy atom. The molecule has 2 N–H and O–H groups in total. The van der Waals surface area contributed by atoms with E-state index in [2.05, 4.69) is 20.6 Å². The summed E-state index contributed by atoms with van der Waals surface area (Å²) in [6.45, 7) is 3.34. The first kappa shape index (κ1) is 14.0. The zero-order valence-corrected chi connectivity index (χ0v) is 11.7. The molecule has 1 aromatic rings. The molecule has 0 aliphatic carbocycles. The lowest BCUT2D eigenvalue weighted by Gasteiger charge is -2.31. The highest BCUT2D eigenvalue weighted by Gasteiger charge is 2.20. The molecule has 6 heteroatoms. The summed E-state index contributed by atoms with van der Waals surface area (Å²) in [4.78, 5) is 13.5. The highest BCUT2D eigenvalue weighted by Crippen LogP contribution is 2.10. The number of likely N-dealkylation sites (N-methyl/N-ethyl adjacent to an activating group) is 1. The van der Waals surface area contributed by atoms with Crippen LogP contribution < -0.4 is 10.6 Å². The topological polar surface area (TPSA) is 62.2 Å². The number of likely N-dealkylation sites (tertiary alicyclic amines) is 1. The van der Waals surface area contributed by atoms with Crippen molar-refractivity contribution in [2.75, 3.05) is 26.7 Å². The van der Waals surface area contributed by atoms with Crippen LogP contribution in [0, 0.1) is 0 Å². The maximum atomic E-state index is 11.3. The minimum Gasteiger partial charge on any atom is -0.358 e. The van der Waals surface area contributed by atoms with Crippen LogP contribution in [0.25, 0.3) is 0 Å². The number of aromatic nitrogens is 2. The smallest absolute Gasteiger partial charge is 0.233 e. The van der Waals surface area contributed by atoms with Crippen molar-refractivity contribution in [2.45, 2.75) is 25.4 Å². The highest BCUT2D eigenvalue weighted by molar-refractivity contribution is 5.77. The lowest BCUT2D eigenvalue weighted by molar-refractivity contribution is -0.122. The number of nitrogens with zero attached hydrogens (tertiary/aromatic N) is 3. The zero-order valence-electron chi connectivity index (χ0n) is 11.7. The van der Waals surface area contributed by atoms with E-state index in [4.69, 9.17) is 0 Å². The third kappa shape index (κ3) is 4.04. The van der Waals surface area contributed by atoms with Gasteiger partial charge in [0.15, 0.2) is 0 Å². The number of aryl methyl sites for hydroxylation is 1. The molecule has 1 aliphatic rings. The molecule has 2 heterocycles. The Labute approximate surface area is 114 Å². The maximum absolute atomic E-state index is 11.3. The van der Waals surface area contributed by atoms with Gasteiger partial charge in [0.05, 0.1) is 12.2 Å². The molecule has 0 unspecified atom stereocenters. The molecule has 1 amide bonds. The van der Waals surface area contributed by atoms with E-state index in [0.717, 1.165) is 32.5 Å². The summed E-state index contributed by atoms with van der Waals surface area (Å²) in [5.74, 6) is 0.0984. The summed E-state index contributed by atoms with van der Waals surface area (Å²) < 4.78 is 1.90. The van der Waals surface area contributed by atoms with Crippen molar-refractivity contribution in [1.82, 2.24) is 25.3 Å². The van der Waals surface area contributed by atoms with E-state index in [1.807, 2.05) is 24.0 Å². The Balaban J connectivity index is 1.69. The van der Waals surface area contributed by atoms with E-state index in [1.165, 1.54) is 5.69 Å². The predicted octanol–water partition coefficient (Wildman–Crippen LogP) is -0.280. The molecular formula is C13H23N5O. The third-order valence-corrected chi connectivity index (χ3v) is 3.73. The number of rotatable bonds is 5. The normalized spacial score (nSPS) is 17.6. The van der Waals surface area contributed by atoms with Gasteiger partial charge in [0, 0.05) is 46.0 Å². The Hall–Kier alpha value is -1.40. The van der Waals surface area contributed by atoms with Gasteiger partial charge in [-0.15, -0.1) is 0 Å². The lowest BCUT2D eigenvalue weighted by atomic mass is 10.0. The van der Waals surface area contributed by atoms with Crippen molar-refractivity contribution in [3.05, 3.63) is 18.0 Å². The van der Waals surface area contributed by atoms with Crippen molar-refractivity contribution in [1.29, 1.82) is 0 Å². The van der Waals surface area contributed by atoms with Crippen LogP contribution in [0.5, 0.6) is 0 Å². The Kier molecular flexibility index (Phi) is 4.93. The van der Waals surface area contributed by atoms with Gasteiger partial charge in [-0.1, -0.05) is 0 Å². The van der Waals surface area contributed by atoms with Gasteiger partial charge in [-0.05, 0) is 18.9 Å². The molecule has 0 aromatic carbocycles. The first-order valence-electron chi connectivity index (χ1n) is 6.82. The van der Waals surface area contributed by atoms with Crippen LogP contribution in [0.2, 0.25) is 0 Å². The van der Waals surface area contributed by atoms with Crippen LogP contribution in [0.15, 0.2) is 12.3 Å². The van der Waals surface area contributed by atoms with Crippen molar-refractivity contribution in [3.8, 4) is 0 Å². The van der Waals surface area contributed by atoms with Crippen LogP contribution in [0.4, 0.5) is 0 Å². The fourth-order valence-electron chi connectivity index (χ4n) is 2.40. The van der Waals surface area contributed by atoms with Crippen molar-refractivity contribution >= 4 is 5.91 Å². The van der Waals surface area contributed by atoms with Crippen molar-refractivity contribution in [2.24, 2.45) is 7.05 Å². The van der Waals surface area contributed by atoms with Crippen LogP contribution in [-0.4, -0.2) is 53.3 Å². The minimum atomic E-state index is 0.0984. The van der Waals surface area contributed by atoms with Crippen LogP contribution in [0.3, 0.4) is 0 Å². The molecular weight excluding hydrogens is 242 g/mol. The Morgan fingerprint density at radius 1 is 1.47 bits per heavy atom. The summed E-state index contributed by atoms with van der Waals surface area (Å²) in [5, 5.41) is 10.4. The average molecular weight is 265 g/mol. The summed E-state index contributed by atoms with van der Waals surface area (Å²) in [7, 11) is 3.65. The second-order valence-electron chi connectivity index (χ2n) is 5.05. The molecule has 0 radical (unpaired) electrons. The Bertz CT molecular complexity index is 409. The molecule has 1 aliphatic heterocycles. The SMILES string of the molecule is CNC(=O)CN1CCC(NCc2ccnn2C)CC1. The van der Waals surface area contributed by atoms with Crippen molar-refractivity contribution in [3.63, 3.8) is 0 Å². The van der Waals surface area contributed by atoms with Gasteiger partial charge in [-0.3, -0.25) is 14.4 Å². The second-order valence-corrected chi connectivity index (χ2v) is 5.05. The fourth-order valence-corrected chi connectivity index (χ4v) is 2.40. The van der Waals surface area contributed by atoms with Gasteiger partial charge >= 0.3 is 0 Å². The maximum Gasteiger partial charge on any atom is 0.233 e. The van der Waals surface area contributed by atoms with Gasteiger partial charge in [-0.2, -0.15) is 5.10 Å². The molecule has 6 nitrogen and oxygen atoms in total. The first-order valence-corrected chi connectivity index (χ1v) is 6.82. The van der Waals surface area contributed by atoms with E-state index in [9.17, 15) is 4.79 Å². The summed E-state index contributed by atoms with van der Waals surface area (Å²) >= 11 is 0. The van der Waals surface area contributed by atoms with Gasteiger partial charge in [0.2, 0.25) is 5.91 Å². The first-order chi connectivity index (χ1) is 9.19. The molecule has 19 heavy (non-hydrogen) atoms. The molecule has 0 saturated carbocycles. The summed E-state index contributed by atoms with van der Waals surface area (Å²) in [5.41, 5.74) is 1.20. The highest BCUT2D eigenvalue weighted by atomic mass is 16.1. The molecule has 0 bridgehead atoms. The van der Waals surface area contributed by atoms with Gasteiger partial charge in [0.1, 0.15) is 0 Å². The number of piperidine rings is 1. The summed E-state index contributed by atoms with van der Waals surface area (Å²) in [6.07, 6.45) is 4.01. The molecule has 1 fully saturated rings. The molecule has 1 aromatic heterocycles. The molecule has 2 rings (SSSR count). The number of nitrogens with one attached hydrogen (secondary N) is 2. The molecule has 0 atom stereocenters. The predicted molar refractivity (Wildman–Crippen MR) is 73.6 cm³/mol. The van der Waals surface area contributed by atoms with Gasteiger partial charge in [0.25, 0.3) is 0 Å². The molecule has 0 spiro atoms. The minimum absolute atomic E-state index is 0.0984. The number of amides is 1. The van der Waals surface area contributed by atoms with Crippen LogP contribution >= 0.6 is 0 Å². The van der Waals surface area contributed by atoms with Crippen molar-refractivity contribution < 1.29 is 4.79 Å². The number of hydrogen-bond acceptors (Lipinski definition) is 4. The number of carbonyl (C=O) groups is 1. The standard InChI is InChI=1S/C13H23N5O/c1-14-13(19)10-18-7-4-11(5-8-18)15-9-12-3-6-16-17(12)2/h3,6,11,15H,4-5,7-10H2,1-2H3,(H,14,19). The fraction of sp³-hybridized carbons (Fsp3) is 0.692. The monoisotopic (exact) mass is 265 g/mol. The largest absolute Gasteiger partial charge is 0.358 e. The van der Waals surface area contributed by atoms with E-state index in [0.29, 0.717) is 12.6 Å². The van der Waals surface area contributed by atoms with Crippen LogP contribution in [-0.2, 0) is 18.4 Å². The molecule has 106 valence electrons. The van der Waals surface area contributed by atoms with E-state index in [-0.39, 0.29) is 5.91 Å². The second kappa shape index (κ2) is 6.68. The third-order valence-electron chi connectivity index (χ3n) is 3.73. The Morgan fingerprint density at radius 3 is 2.79 bits per heavy atom. The van der Waals surface area contributed by atoms with E-state index < -0.39 is 0 Å². The van der Waals surface area contributed by atoms with E-state index in [1.54, 1.807) is 7.05 Å². The van der Waals surface area contributed by atoms with E-state index >= 15 is 0 Å². The number of hydrogen-bond donors (Lipinski definition) is 2. The quantitative estimate of drug-likeness (QED) is 0.769. The zero-order chi connectivity index (χ0) is 13.7. The van der Waals surface area contributed by atoms with Crippen LogP contribution in [0.1, 0.15) is 18.5 Å². The molecule has 1 saturated heterocycles.